The van der Waals surface area contributed by atoms with Crippen LogP contribution in [-0.2, 0) is 4.79 Å². The minimum Gasteiger partial charge on any atom is -0.544 e. The Morgan fingerprint density at radius 3 is 1.80 bits per heavy atom. The van der Waals surface area contributed by atoms with Crippen LogP contribution >= 0.6 is 0 Å². The number of carboxylic acids is 1. The number of carboxylic acid groups (broad SMARTS) is 1. The maximum Gasteiger partial charge on any atom is 0.118 e. The first-order chi connectivity index (χ1) is 6.81. The summed E-state index contributed by atoms with van der Waals surface area (Å²) in [5, 5.41) is 9.89. The molecule has 1 rings (SSSR count). The monoisotopic (exact) mass is 216 g/mol. The zero-order valence-electron chi connectivity index (χ0n) is 10.5. The van der Waals surface area contributed by atoms with E-state index in [1.807, 2.05) is 0 Å². The van der Waals surface area contributed by atoms with Crippen molar-refractivity contribution in [2.24, 2.45) is 0 Å². The van der Waals surface area contributed by atoms with Crippen LogP contribution in [0.2, 0.25) is 0 Å². The third-order valence-electron chi connectivity index (χ3n) is 2.18. The predicted molar refractivity (Wildman–Crippen MR) is 59.3 cm³/mol. The fourth-order valence-corrected chi connectivity index (χ4v) is 1.44. The molecule has 4 nitrogen and oxygen atoms in total. The number of likely N-dealkylation sites (tertiary alicyclic amines) is 1. The standard InChI is InChI=1S/C6H13N.C5H11NO2/c1-7-5-3-2-4-6-7;1-6(2,3)4-5(7)8/h2-6H2,1H3;4H2,1-3H3. The molecule has 0 amide bonds. The molecule has 0 aromatic heterocycles. The van der Waals surface area contributed by atoms with E-state index in [1.165, 1.54) is 32.4 Å². The van der Waals surface area contributed by atoms with E-state index >= 15 is 0 Å². The van der Waals surface area contributed by atoms with E-state index in [2.05, 4.69) is 11.9 Å². The molecule has 0 atom stereocenters. The van der Waals surface area contributed by atoms with Crippen molar-refractivity contribution >= 4 is 5.97 Å². The van der Waals surface area contributed by atoms with E-state index in [4.69, 9.17) is 0 Å². The smallest absolute Gasteiger partial charge is 0.118 e. The maximum atomic E-state index is 9.89. The van der Waals surface area contributed by atoms with Crippen molar-refractivity contribution < 1.29 is 14.4 Å². The molecule has 0 spiro atoms. The molecule has 1 saturated heterocycles. The molecule has 0 aromatic rings. The van der Waals surface area contributed by atoms with Crippen LogP contribution in [0.15, 0.2) is 0 Å². The molecule has 0 radical (unpaired) electrons. The summed E-state index contributed by atoms with van der Waals surface area (Å²) >= 11 is 0. The summed E-state index contributed by atoms with van der Waals surface area (Å²) in [6.07, 6.45) is 4.28. The van der Waals surface area contributed by atoms with Gasteiger partial charge in [0, 0.05) is 0 Å². The molecule has 0 unspecified atom stereocenters. The Balaban J connectivity index is 0.000000262. The second-order valence-electron chi connectivity index (χ2n) is 5.18. The van der Waals surface area contributed by atoms with Gasteiger partial charge in [0.25, 0.3) is 0 Å². The quantitative estimate of drug-likeness (QED) is 0.587. The number of hydrogen-bond acceptors (Lipinski definition) is 3. The van der Waals surface area contributed by atoms with Crippen LogP contribution in [0.5, 0.6) is 0 Å². The van der Waals surface area contributed by atoms with E-state index in [0.29, 0.717) is 4.48 Å². The molecule has 0 bridgehead atoms. The lowest BCUT2D eigenvalue weighted by Crippen LogP contribution is -2.45. The molecular weight excluding hydrogens is 192 g/mol. The molecular formula is C11H24N2O2. The van der Waals surface area contributed by atoms with E-state index in [1.54, 1.807) is 21.1 Å². The summed E-state index contributed by atoms with van der Waals surface area (Å²) in [5.74, 6) is -1.00. The van der Waals surface area contributed by atoms with E-state index < -0.39 is 5.97 Å². The molecule has 0 N–H and O–H groups in total. The molecule has 0 aromatic carbocycles. The number of hydrogen-bond donors (Lipinski definition) is 0. The van der Waals surface area contributed by atoms with E-state index in [-0.39, 0.29) is 6.54 Å². The molecule has 1 aliphatic heterocycles. The molecule has 1 fully saturated rings. The third-order valence-corrected chi connectivity index (χ3v) is 2.18. The number of nitrogens with zero attached hydrogens (tertiary/aromatic N) is 2. The second kappa shape index (κ2) is 6.80. The van der Waals surface area contributed by atoms with Gasteiger partial charge in [0.2, 0.25) is 0 Å². The first-order valence-electron chi connectivity index (χ1n) is 5.50. The van der Waals surface area contributed by atoms with Gasteiger partial charge in [0.15, 0.2) is 0 Å². The SMILES string of the molecule is CN1CCCCC1.C[N+](C)(C)CC(=O)[O-]. The van der Waals surface area contributed by atoms with Crippen molar-refractivity contribution in [2.75, 3.05) is 47.8 Å². The Hall–Kier alpha value is -0.610. The van der Waals surface area contributed by atoms with E-state index in [0.717, 1.165) is 0 Å². The summed E-state index contributed by atoms with van der Waals surface area (Å²) in [6, 6.07) is 0. The minimum absolute atomic E-state index is 0.0694. The number of likely N-dealkylation sites (N-methyl/N-ethyl adjacent to an activating group) is 1. The maximum absolute atomic E-state index is 9.89. The lowest BCUT2D eigenvalue weighted by atomic mass is 10.1. The number of piperidine rings is 1. The Morgan fingerprint density at radius 2 is 1.67 bits per heavy atom. The zero-order valence-corrected chi connectivity index (χ0v) is 10.5. The lowest BCUT2D eigenvalue weighted by Gasteiger charge is -2.23. The topological polar surface area (TPSA) is 43.4 Å². The number of carbonyl (C=O) groups is 1. The molecule has 90 valence electrons. The summed E-state index contributed by atoms with van der Waals surface area (Å²) in [4.78, 5) is 12.3. The third kappa shape index (κ3) is 11.3. The van der Waals surface area contributed by atoms with Gasteiger partial charge in [-0.3, -0.25) is 0 Å². The highest BCUT2D eigenvalue weighted by atomic mass is 16.4. The van der Waals surface area contributed by atoms with Gasteiger partial charge >= 0.3 is 0 Å². The summed E-state index contributed by atoms with van der Waals surface area (Å²) in [7, 11) is 7.60. The van der Waals surface area contributed by atoms with Crippen LogP contribution in [0.4, 0.5) is 0 Å². The van der Waals surface area contributed by atoms with Gasteiger partial charge in [-0.15, -0.1) is 0 Å². The van der Waals surface area contributed by atoms with E-state index in [9.17, 15) is 9.90 Å². The van der Waals surface area contributed by atoms with Crippen LogP contribution in [0, 0.1) is 0 Å². The van der Waals surface area contributed by atoms with Crippen LogP contribution in [-0.4, -0.2) is 63.2 Å². The van der Waals surface area contributed by atoms with Crippen LogP contribution in [0.1, 0.15) is 19.3 Å². The first-order valence-corrected chi connectivity index (χ1v) is 5.50. The fraction of sp³-hybridized carbons (Fsp3) is 0.909. The average Bonchev–Trinajstić information content (AvgIpc) is 2.01. The van der Waals surface area contributed by atoms with Gasteiger partial charge in [-0.25, -0.2) is 0 Å². The Bertz CT molecular complexity index is 182. The van der Waals surface area contributed by atoms with Gasteiger partial charge in [-0.1, -0.05) is 6.42 Å². The largest absolute Gasteiger partial charge is 0.544 e. The Kier molecular flexibility index (Phi) is 6.52. The molecule has 4 heteroatoms. The van der Waals surface area contributed by atoms with Gasteiger partial charge < -0.3 is 19.3 Å². The minimum atomic E-state index is -1.00. The molecule has 1 aliphatic rings. The number of carbonyl (C=O) groups excluding carboxylic acids is 1. The number of quaternary nitrogens is 1. The average molecular weight is 216 g/mol. The highest BCUT2D eigenvalue weighted by molar-refractivity contribution is 5.65. The normalized spacial score (nSPS) is 17.9. The van der Waals surface area contributed by atoms with Gasteiger partial charge in [0.1, 0.15) is 6.54 Å². The molecule has 0 saturated carbocycles. The van der Waals surface area contributed by atoms with Crippen molar-refractivity contribution in [3.63, 3.8) is 0 Å². The predicted octanol–water partition coefficient (Wildman–Crippen LogP) is -0.455. The van der Waals surface area contributed by atoms with Crippen molar-refractivity contribution in [2.45, 2.75) is 19.3 Å². The highest BCUT2D eigenvalue weighted by Gasteiger charge is 2.04. The van der Waals surface area contributed by atoms with Crippen molar-refractivity contribution in [1.82, 2.24) is 4.90 Å². The lowest BCUT2D eigenvalue weighted by molar-refractivity contribution is -0.864. The van der Waals surface area contributed by atoms with Gasteiger partial charge in [0.05, 0.1) is 27.1 Å². The number of rotatable bonds is 2. The zero-order chi connectivity index (χ0) is 11.9. The first kappa shape index (κ1) is 14.4. The van der Waals surface area contributed by atoms with Crippen LogP contribution < -0.4 is 5.11 Å². The highest BCUT2D eigenvalue weighted by Crippen LogP contribution is 2.04. The Morgan fingerprint density at radius 1 is 1.20 bits per heavy atom. The fourth-order valence-electron chi connectivity index (χ4n) is 1.44. The van der Waals surface area contributed by atoms with Crippen LogP contribution in [0.3, 0.4) is 0 Å². The molecule has 0 aliphatic carbocycles. The number of aliphatic carboxylic acids is 1. The van der Waals surface area contributed by atoms with Crippen LogP contribution in [0.25, 0.3) is 0 Å². The van der Waals surface area contributed by atoms with Gasteiger partial charge in [-0.05, 0) is 33.0 Å². The molecule has 15 heavy (non-hydrogen) atoms. The summed E-state index contributed by atoms with van der Waals surface area (Å²) in [5.41, 5.74) is 0. The van der Waals surface area contributed by atoms with Gasteiger partial charge in [-0.2, -0.15) is 0 Å². The summed E-state index contributed by atoms with van der Waals surface area (Å²) < 4.78 is 0.419. The molecule has 1 heterocycles. The van der Waals surface area contributed by atoms with Crippen molar-refractivity contribution in [1.29, 1.82) is 0 Å². The van der Waals surface area contributed by atoms with Crippen molar-refractivity contribution in [3.8, 4) is 0 Å². The second-order valence-corrected chi connectivity index (χ2v) is 5.18. The Labute approximate surface area is 93.1 Å². The van der Waals surface area contributed by atoms with Crippen molar-refractivity contribution in [3.05, 3.63) is 0 Å². The summed E-state index contributed by atoms with van der Waals surface area (Å²) in [6.45, 7) is 2.71.